The first-order chi connectivity index (χ1) is 11.6. The lowest BCUT2D eigenvalue weighted by Gasteiger charge is -2.21. The van der Waals surface area contributed by atoms with Gasteiger partial charge in [0, 0.05) is 12.6 Å². The molecule has 0 spiro atoms. The van der Waals surface area contributed by atoms with E-state index >= 15 is 0 Å². The SMILES string of the molecule is Cc1c(C(=O)NC(C)c2ccc(F)cc2)cccc1N(C)S(C)(=O)=O. The van der Waals surface area contributed by atoms with Gasteiger partial charge in [-0.3, -0.25) is 9.10 Å². The number of amides is 1. The highest BCUT2D eigenvalue weighted by Crippen LogP contribution is 2.24. The Labute approximate surface area is 147 Å². The van der Waals surface area contributed by atoms with Gasteiger partial charge in [-0.2, -0.15) is 0 Å². The first-order valence-corrected chi connectivity index (χ1v) is 9.56. The van der Waals surface area contributed by atoms with Crippen molar-refractivity contribution in [1.82, 2.24) is 5.32 Å². The minimum Gasteiger partial charge on any atom is -0.346 e. The number of nitrogens with zero attached hydrogens (tertiary/aromatic N) is 1. The zero-order valence-corrected chi connectivity index (χ0v) is 15.4. The third kappa shape index (κ3) is 4.36. The fourth-order valence-electron chi connectivity index (χ4n) is 2.50. The maximum absolute atomic E-state index is 13.0. The molecule has 1 amide bonds. The second kappa shape index (κ2) is 7.23. The summed E-state index contributed by atoms with van der Waals surface area (Å²) in [4.78, 5) is 12.6. The molecule has 5 nitrogen and oxygen atoms in total. The summed E-state index contributed by atoms with van der Waals surface area (Å²) in [5, 5.41) is 2.85. The Bertz CT molecular complexity index is 880. The second-order valence-corrected chi connectivity index (χ2v) is 7.94. The van der Waals surface area contributed by atoms with Gasteiger partial charge >= 0.3 is 0 Å². The largest absolute Gasteiger partial charge is 0.346 e. The summed E-state index contributed by atoms with van der Waals surface area (Å²) >= 11 is 0. The van der Waals surface area contributed by atoms with Gasteiger partial charge in [-0.15, -0.1) is 0 Å². The van der Waals surface area contributed by atoms with Crippen LogP contribution < -0.4 is 9.62 Å². The lowest BCUT2D eigenvalue weighted by atomic mass is 10.0. The van der Waals surface area contributed by atoms with Crippen LogP contribution in [0.25, 0.3) is 0 Å². The number of carbonyl (C=O) groups is 1. The second-order valence-electron chi connectivity index (χ2n) is 5.93. The number of benzene rings is 2. The highest BCUT2D eigenvalue weighted by molar-refractivity contribution is 7.92. The van der Waals surface area contributed by atoms with Crippen molar-refractivity contribution in [1.29, 1.82) is 0 Å². The van der Waals surface area contributed by atoms with E-state index in [4.69, 9.17) is 0 Å². The molecule has 0 aliphatic rings. The molecule has 7 heteroatoms. The van der Waals surface area contributed by atoms with E-state index in [0.29, 0.717) is 16.8 Å². The van der Waals surface area contributed by atoms with Crippen LogP contribution in [0.5, 0.6) is 0 Å². The predicted octanol–water partition coefficient (Wildman–Crippen LogP) is 3.02. The molecule has 1 atom stereocenters. The quantitative estimate of drug-likeness (QED) is 0.887. The van der Waals surface area contributed by atoms with E-state index in [2.05, 4.69) is 5.32 Å². The van der Waals surface area contributed by atoms with Crippen LogP contribution in [0.1, 0.15) is 34.5 Å². The highest BCUT2D eigenvalue weighted by atomic mass is 32.2. The predicted molar refractivity (Wildman–Crippen MR) is 96.7 cm³/mol. The van der Waals surface area contributed by atoms with E-state index in [0.717, 1.165) is 16.1 Å². The van der Waals surface area contributed by atoms with Crippen molar-refractivity contribution in [3.63, 3.8) is 0 Å². The average molecular weight is 364 g/mol. The summed E-state index contributed by atoms with van der Waals surface area (Å²) < 4.78 is 37.6. The van der Waals surface area contributed by atoms with Crippen molar-refractivity contribution in [3.05, 3.63) is 65.0 Å². The fourth-order valence-corrected chi connectivity index (χ4v) is 3.05. The van der Waals surface area contributed by atoms with E-state index in [1.807, 2.05) is 0 Å². The van der Waals surface area contributed by atoms with Gasteiger partial charge in [-0.25, -0.2) is 12.8 Å². The molecule has 0 heterocycles. The fraction of sp³-hybridized carbons (Fsp3) is 0.278. The lowest BCUT2D eigenvalue weighted by Crippen LogP contribution is -2.29. The molecule has 2 aromatic carbocycles. The van der Waals surface area contributed by atoms with Crippen molar-refractivity contribution in [2.75, 3.05) is 17.6 Å². The molecular weight excluding hydrogens is 343 g/mol. The Morgan fingerprint density at radius 1 is 1.16 bits per heavy atom. The molecule has 1 N–H and O–H groups in total. The first-order valence-electron chi connectivity index (χ1n) is 7.71. The molecule has 2 aromatic rings. The van der Waals surface area contributed by atoms with Gasteiger partial charge in [0.05, 0.1) is 18.0 Å². The van der Waals surface area contributed by atoms with Crippen LogP contribution in [0, 0.1) is 12.7 Å². The molecule has 134 valence electrons. The third-order valence-electron chi connectivity index (χ3n) is 4.10. The summed E-state index contributed by atoms with van der Waals surface area (Å²) in [5.41, 5.74) is 2.18. The molecule has 0 saturated carbocycles. The topological polar surface area (TPSA) is 66.5 Å². The van der Waals surface area contributed by atoms with Gasteiger partial charge < -0.3 is 5.32 Å². The van der Waals surface area contributed by atoms with Crippen molar-refractivity contribution in [2.45, 2.75) is 19.9 Å². The molecular formula is C18H21FN2O3S. The summed E-state index contributed by atoms with van der Waals surface area (Å²) in [6.07, 6.45) is 1.11. The number of rotatable bonds is 5. The van der Waals surface area contributed by atoms with Crippen molar-refractivity contribution in [2.24, 2.45) is 0 Å². The Hall–Kier alpha value is -2.41. The van der Waals surface area contributed by atoms with E-state index in [-0.39, 0.29) is 17.8 Å². The van der Waals surface area contributed by atoms with Crippen LogP contribution in [-0.2, 0) is 10.0 Å². The van der Waals surface area contributed by atoms with Crippen LogP contribution in [0.2, 0.25) is 0 Å². The number of hydrogen-bond donors (Lipinski definition) is 1. The van der Waals surface area contributed by atoms with E-state index < -0.39 is 10.0 Å². The molecule has 0 aliphatic heterocycles. The number of hydrogen-bond acceptors (Lipinski definition) is 3. The van der Waals surface area contributed by atoms with Gasteiger partial charge in [0.15, 0.2) is 0 Å². The minimum atomic E-state index is -3.42. The molecule has 25 heavy (non-hydrogen) atoms. The van der Waals surface area contributed by atoms with Gasteiger partial charge in [0.1, 0.15) is 5.82 Å². The number of nitrogens with one attached hydrogen (secondary N) is 1. The molecule has 0 aliphatic carbocycles. The van der Waals surface area contributed by atoms with E-state index in [1.54, 1.807) is 44.2 Å². The summed E-state index contributed by atoms with van der Waals surface area (Å²) in [6.45, 7) is 3.50. The number of carbonyl (C=O) groups excluding carboxylic acids is 1. The lowest BCUT2D eigenvalue weighted by molar-refractivity contribution is 0.0939. The molecule has 0 aromatic heterocycles. The van der Waals surface area contributed by atoms with Crippen LogP contribution in [0.4, 0.5) is 10.1 Å². The van der Waals surface area contributed by atoms with Crippen molar-refractivity contribution in [3.8, 4) is 0 Å². The van der Waals surface area contributed by atoms with Crippen molar-refractivity contribution >= 4 is 21.6 Å². The number of anilines is 1. The highest BCUT2D eigenvalue weighted by Gasteiger charge is 2.19. The molecule has 0 radical (unpaired) electrons. The standard InChI is InChI=1S/C18H21FN2O3S/c1-12-16(6-5-7-17(12)21(3)25(4,23)24)18(22)20-13(2)14-8-10-15(19)11-9-14/h5-11,13H,1-4H3,(H,20,22). The van der Waals surface area contributed by atoms with Crippen LogP contribution in [-0.4, -0.2) is 27.6 Å². The van der Waals surface area contributed by atoms with Crippen LogP contribution in [0.3, 0.4) is 0 Å². The van der Waals surface area contributed by atoms with Gasteiger partial charge in [0.25, 0.3) is 5.91 Å². The third-order valence-corrected chi connectivity index (χ3v) is 5.30. The summed E-state index contributed by atoms with van der Waals surface area (Å²) in [7, 11) is -1.98. The molecule has 0 saturated heterocycles. The maximum Gasteiger partial charge on any atom is 0.252 e. The smallest absolute Gasteiger partial charge is 0.252 e. The molecule has 2 rings (SSSR count). The minimum absolute atomic E-state index is 0.316. The van der Waals surface area contributed by atoms with Crippen molar-refractivity contribution < 1.29 is 17.6 Å². The summed E-state index contributed by atoms with van der Waals surface area (Å²) in [6, 6.07) is 10.5. The molecule has 0 bridgehead atoms. The van der Waals surface area contributed by atoms with Crippen LogP contribution >= 0.6 is 0 Å². The number of halogens is 1. The van der Waals surface area contributed by atoms with Crippen LogP contribution in [0.15, 0.2) is 42.5 Å². The normalized spacial score (nSPS) is 12.5. The zero-order valence-electron chi connectivity index (χ0n) is 14.6. The maximum atomic E-state index is 13.0. The van der Waals surface area contributed by atoms with E-state index in [1.165, 1.54) is 19.2 Å². The first kappa shape index (κ1) is 18.9. The molecule has 0 fully saturated rings. The van der Waals surface area contributed by atoms with Gasteiger partial charge in [-0.05, 0) is 49.2 Å². The molecule has 1 unspecified atom stereocenters. The Morgan fingerprint density at radius 3 is 2.32 bits per heavy atom. The zero-order chi connectivity index (χ0) is 18.8. The Morgan fingerprint density at radius 2 is 1.76 bits per heavy atom. The number of sulfonamides is 1. The average Bonchev–Trinajstić information content (AvgIpc) is 2.54. The Kier molecular flexibility index (Phi) is 5.47. The Balaban J connectivity index is 2.26. The van der Waals surface area contributed by atoms with Gasteiger partial charge in [0.2, 0.25) is 10.0 Å². The summed E-state index contributed by atoms with van der Waals surface area (Å²) in [5.74, 6) is -0.660. The van der Waals surface area contributed by atoms with Gasteiger partial charge in [-0.1, -0.05) is 18.2 Å². The van der Waals surface area contributed by atoms with E-state index in [9.17, 15) is 17.6 Å². The monoisotopic (exact) mass is 364 g/mol.